The maximum absolute atomic E-state index is 11.9. The van der Waals surface area contributed by atoms with E-state index in [1.54, 1.807) is 4.90 Å². The third-order valence-electron chi connectivity index (χ3n) is 3.01. The van der Waals surface area contributed by atoms with Crippen molar-refractivity contribution in [3.8, 4) is 0 Å². The summed E-state index contributed by atoms with van der Waals surface area (Å²) in [5, 5.41) is 2.69. The SMILES string of the molecule is COC(=O)NC1CCN(C(=O)[C@@H](N)C(C)C)C1. The van der Waals surface area contributed by atoms with Crippen molar-refractivity contribution < 1.29 is 14.3 Å². The van der Waals surface area contributed by atoms with E-state index in [9.17, 15) is 9.59 Å². The number of alkyl carbamates (subject to hydrolysis) is 1. The Labute approximate surface area is 101 Å². The molecule has 0 spiro atoms. The molecule has 0 radical (unpaired) electrons. The van der Waals surface area contributed by atoms with E-state index in [1.807, 2.05) is 13.8 Å². The Kier molecular flexibility index (Phi) is 4.74. The quantitative estimate of drug-likeness (QED) is 0.726. The van der Waals surface area contributed by atoms with Gasteiger partial charge in [0.05, 0.1) is 19.2 Å². The Morgan fingerprint density at radius 2 is 2.12 bits per heavy atom. The lowest BCUT2D eigenvalue weighted by molar-refractivity contribution is -0.132. The van der Waals surface area contributed by atoms with Crippen molar-refractivity contribution >= 4 is 12.0 Å². The molecule has 0 aromatic carbocycles. The average Bonchev–Trinajstić information content (AvgIpc) is 2.75. The molecule has 98 valence electrons. The number of hydrogen-bond acceptors (Lipinski definition) is 4. The Balaban J connectivity index is 2.44. The molecule has 1 aliphatic rings. The summed E-state index contributed by atoms with van der Waals surface area (Å²) in [4.78, 5) is 24.7. The van der Waals surface area contributed by atoms with E-state index in [2.05, 4.69) is 10.1 Å². The van der Waals surface area contributed by atoms with Crippen LogP contribution in [-0.2, 0) is 9.53 Å². The van der Waals surface area contributed by atoms with Crippen LogP contribution in [-0.4, -0.2) is 49.2 Å². The van der Waals surface area contributed by atoms with Crippen LogP contribution < -0.4 is 11.1 Å². The van der Waals surface area contributed by atoms with Crippen LogP contribution in [0.25, 0.3) is 0 Å². The normalized spacial score (nSPS) is 21.5. The molecule has 6 heteroatoms. The van der Waals surface area contributed by atoms with Gasteiger partial charge in [-0.15, -0.1) is 0 Å². The van der Waals surface area contributed by atoms with Crippen molar-refractivity contribution in [1.82, 2.24) is 10.2 Å². The van der Waals surface area contributed by atoms with Crippen molar-refractivity contribution in [2.45, 2.75) is 32.4 Å². The maximum atomic E-state index is 11.9. The first-order valence-electron chi connectivity index (χ1n) is 5.84. The Hall–Kier alpha value is -1.30. The smallest absolute Gasteiger partial charge is 0.407 e. The van der Waals surface area contributed by atoms with Gasteiger partial charge < -0.3 is 20.7 Å². The number of amides is 2. The summed E-state index contributed by atoms with van der Waals surface area (Å²) in [7, 11) is 1.32. The van der Waals surface area contributed by atoms with Crippen LogP contribution in [0.4, 0.5) is 4.79 Å². The Bertz CT molecular complexity index is 294. The summed E-state index contributed by atoms with van der Waals surface area (Å²) < 4.78 is 4.52. The second kappa shape index (κ2) is 5.86. The van der Waals surface area contributed by atoms with Crippen molar-refractivity contribution in [2.75, 3.05) is 20.2 Å². The van der Waals surface area contributed by atoms with Gasteiger partial charge in [-0.3, -0.25) is 4.79 Å². The number of nitrogens with zero attached hydrogens (tertiary/aromatic N) is 1. The molecule has 1 aliphatic heterocycles. The van der Waals surface area contributed by atoms with Crippen LogP contribution in [0.15, 0.2) is 0 Å². The lowest BCUT2D eigenvalue weighted by atomic mass is 10.0. The van der Waals surface area contributed by atoms with E-state index >= 15 is 0 Å². The summed E-state index contributed by atoms with van der Waals surface area (Å²) in [5.41, 5.74) is 5.81. The highest BCUT2D eigenvalue weighted by atomic mass is 16.5. The molecular weight excluding hydrogens is 222 g/mol. The van der Waals surface area contributed by atoms with Crippen molar-refractivity contribution in [1.29, 1.82) is 0 Å². The zero-order valence-corrected chi connectivity index (χ0v) is 10.6. The molecule has 3 N–H and O–H groups in total. The molecule has 2 atom stereocenters. The highest BCUT2D eigenvalue weighted by molar-refractivity contribution is 5.82. The van der Waals surface area contributed by atoms with Gasteiger partial charge in [-0.2, -0.15) is 0 Å². The molecule has 0 aliphatic carbocycles. The van der Waals surface area contributed by atoms with Crippen LogP contribution in [0.5, 0.6) is 0 Å². The number of nitrogens with one attached hydrogen (secondary N) is 1. The third kappa shape index (κ3) is 3.59. The third-order valence-corrected chi connectivity index (χ3v) is 3.01. The van der Waals surface area contributed by atoms with Gasteiger partial charge >= 0.3 is 6.09 Å². The van der Waals surface area contributed by atoms with E-state index < -0.39 is 12.1 Å². The second-order valence-corrected chi connectivity index (χ2v) is 4.68. The predicted octanol–water partition coefficient (Wildman–Crippen LogP) is -0.0734. The van der Waals surface area contributed by atoms with Gasteiger partial charge in [-0.1, -0.05) is 13.8 Å². The number of likely N-dealkylation sites (tertiary alicyclic amines) is 1. The van der Waals surface area contributed by atoms with E-state index in [4.69, 9.17) is 5.73 Å². The number of ether oxygens (including phenoxy) is 1. The fraction of sp³-hybridized carbons (Fsp3) is 0.818. The molecule has 0 bridgehead atoms. The van der Waals surface area contributed by atoms with Crippen LogP contribution in [0.2, 0.25) is 0 Å². The number of hydrogen-bond donors (Lipinski definition) is 2. The highest BCUT2D eigenvalue weighted by Gasteiger charge is 2.31. The molecule has 6 nitrogen and oxygen atoms in total. The minimum atomic E-state index is -0.466. The minimum absolute atomic E-state index is 0.0363. The van der Waals surface area contributed by atoms with Crippen LogP contribution in [0.3, 0.4) is 0 Å². The number of carbonyl (C=O) groups excluding carboxylic acids is 2. The second-order valence-electron chi connectivity index (χ2n) is 4.68. The van der Waals surface area contributed by atoms with Gasteiger partial charge in [0.15, 0.2) is 0 Å². The Morgan fingerprint density at radius 1 is 1.47 bits per heavy atom. The highest BCUT2D eigenvalue weighted by Crippen LogP contribution is 2.12. The molecule has 1 unspecified atom stereocenters. The number of nitrogens with two attached hydrogens (primary N) is 1. The van der Waals surface area contributed by atoms with Gasteiger partial charge in [0.25, 0.3) is 0 Å². The molecule has 1 heterocycles. The van der Waals surface area contributed by atoms with Gasteiger partial charge in [0, 0.05) is 13.1 Å². The molecule has 0 saturated carbocycles. The summed E-state index contributed by atoms with van der Waals surface area (Å²) >= 11 is 0. The monoisotopic (exact) mass is 243 g/mol. The minimum Gasteiger partial charge on any atom is -0.453 e. The largest absolute Gasteiger partial charge is 0.453 e. The van der Waals surface area contributed by atoms with E-state index in [1.165, 1.54) is 7.11 Å². The van der Waals surface area contributed by atoms with Gasteiger partial charge in [0.2, 0.25) is 5.91 Å². The molecule has 1 fully saturated rings. The standard InChI is InChI=1S/C11H21N3O3/c1-7(2)9(12)10(15)14-5-4-8(6-14)13-11(16)17-3/h7-9H,4-6,12H2,1-3H3,(H,13,16)/t8?,9-/m0/s1. The fourth-order valence-corrected chi connectivity index (χ4v) is 1.80. The van der Waals surface area contributed by atoms with Crippen LogP contribution in [0.1, 0.15) is 20.3 Å². The van der Waals surface area contributed by atoms with Crippen molar-refractivity contribution in [3.05, 3.63) is 0 Å². The van der Waals surface area contributed by atoms with E-state index in [-0.39, 0.29) is 17.9 Å². The summed E-state index contributed by atoms with van der Waals surface area (Å²) in [6.45, 7) is 4.98. The summed E-state index contributed by atoms with van der Waals surface area (Å²) in [5.74, 6) is 0.0734. The van der Waals surface area contributed by atoms with Crippen molar-refractivity contribution in [2.24, 2.45) is 11.7 Å². The number of methoxy groups -OCH3 is 1. The molecule has 0 aromatic heterocycles. The average molecular weight is 243 g/mol. The zero-order valence-electron chi connectivity index (χ0n) is 10.6. The predicted molar refractivity (Wildman–Crippen MR) is 63.3 cm³/mol. The Morgan fingerprint density at radius 3 is 2.65 bits per heavy atom. The number of carbonyl (C=O) groups is 2. The van der Waals surface area contributed by atoms with E-state index in [0.717, 1.165) is 6.42 Å². The fourth-order valence-electron chi connectivity index (χ4n) is 1.80. The first-order valence-corrected chi connectivity index (χ1v) is 5.84. The molecule has 1 saturated heterocycles. The first-order chi connectivity index (χ1) is 7.95. The first kappa shape index (κ1) is 13.8. The summed E-state index contributed by atoms with van der Waals surface area (Å²) in [6.07, 6.45) is 0.281. The topological polar surface area (TPSA) is 84.7 Å². The van der Waals surface area contributed by atoms with Crippen LogP contribution in [0, 0.1) is 5.92 Å². The van der Waals surface area contributed by atoms with Gasteiger partial charge in [-0.05, 0) is 12.3 Å². The molecule has 1 rings (SSSR count). The van der Waals surface area contributed by atoms with Crippen molar-refractivity contribution in [3.63, 3.8) is 0 Å². The van der Waals surface area contributed by atoms with Gasteiger partial charge in [0.1, 0.15) is 0 Å². The zero-order chi connectivity index (χ0) is 13.0. The maximum Gasteiger partial charge on any atom is 0.407 e. The lowest BCUT2D eigenvalue weighted by Crippen LogP contribution is -2.47. The molecule has 17 heavy (non-hydrogen) atoms. The summed E-state index contributed by atoms with van der Waals surface area (Å²) in [6, 6.07) is -0.502. The number of rotatable bonds is 3. The van der Waals surface area contributed by atoms with Crippen LogP contribution >= 0.6 is 0 Å². The van der Waals surface area contributed by atoms with E-state index in [0.29, 0.717) is 13.1 Å². The molecule has 2 amide bonds. The van der Waals surface area contributed by atoms with Gasteiger partial charge in [-0.25, -0.2) is 4.79 Å². The molecular formula is C11H21N3O3. The lowest BCUT2D eigenvalue weighted by Gasteiger charge is -2.23. The molecule has 0 aromatic rings.